The Morgan fingerprint density at radius 2 is 1.88 bits per heavy atom. The van der Waals surface area contributed by atoms with Gasteiger partial charge in [0.2, 0.25) is 0 Å². The quantitative estimate of drug-likeness (QED) is 0.548. The van der Waals surface area contributed by atoms with E-state index in [0.717, 1.165) is 18.0 Å². The fraction of sp³-hybridized carbons (Fsp3) is 0.278. The number of hydrogen-bond donors (Lipinski definition) is 0. The van der Waals surface area contributed by atoms with Crippen molar-refractivity contribution in [2.75, 3.05) is 31.7 Å². The molecule has 0 bridgehead atoms. The largest absolute Gasteiger partial charge is 0.513 e. The third-order valence-corrected chi connectivity index (χ3v) is 3.65. The summed E-state index contributed by atoms with van der Waals surface area (Å²) >= 11 is 5.78. The third kappa shape index (κ3) is 5.35. The van der Waals surface area contributed by atoms with Crippen molar-refractivity contribution in [3.05, 3.63) is 53.6 Å². The minimum Gasteiger partial charge on any atom is -0.497 e. The first-order chi connectivity index (χ1) is 11.6. The van der Waals surface area contributed by atoms with Crippen molar-refractivity contribution in [1.29, 1.82) is 0 Å². The topological polar surface area (TPSA) is 48.0 Å². The molecule has 0 aliphatic heterocycles. The number of hydrogen-bond acceptors (Lipinski definition) is 5. The molecule has 0 unspecified atom stereocenters. The maximum atomic E-state index is 11.7. The normalized spacial score (nSPS) is 10.1. The fourth-order valence-electron chi connectivity index (χ4n) is 2.14. The highest BCUT2D eigenvalue weighted by atomic mass is 35.5. The SMILES string of the molecule is CCN(CCOC(=O)Oc1ccc(Cl)cc1)c1cccc(OC)c1. The molecule has 24 heavy (non-hydrogen) atoms. The summed E-state index contributed by atoms with van der Waals surface area (Å²) in [6.45, 7) is 3.59. The van der Waals surface area contributed by atoms with Gasteiger partial charge in [0.1, 0.15) is 18.1 Å². The molecule has 0 saturated heterocycles. The zero-order chi connectivity index (χ0) is 17.4. The molecule has 6 heteroatoms. The van der Waals surface area contributed by atoms with E-state index in [0.29, 0.717) is 17.3 Å². The molecule has 0 aliphatic rings. The minimum atomic E-state index is -0.737. The van der Waals surface area contributed by atoms with Crippen LogP contribution in [0.3, 0.4) is 0 Å². The van der Waals surface area contributed by atoms with Gasteiger partial charge in [-0.2, -0.15) is 0 Å². The smallest absolute Gasteiger partial charge is 0.497 e. The van der Waals surface area contributed by atoms with Crippen LogP contribution in [0.25, 0.3) is 0 Å². The molecule has 0 aliphatic carbocycles. The summed E-state index contributed by atoms with van der Waals surface area (Å²) in [7, 11) is 1.63. The summed E-state index contributed by atoms with van der Waals surface area (Å²) in [5.41, 5.74) is 1.01. The molecular formula is C18H20ClNO4. The maximum Gasteiger partial charge on any atom is 0.513 e. The Labute approximate surface area is 146 Å². The standard InChI is InChI=1S/C18H20ClNO4/c1-3-20(15-5-4-6-17(13-15)22-2)11-12-23-18(21)24-16-9-7-14(19)8-10-16/h4-10,13H,3,11-12H2,1-2H3. The molecule has 128 valence electrons. The van der Waals surface area contributed by atoms with E-state index in [1.807, 2.05) is 31.2 Å². The summed E-state index contributed by atoms with van der Waals surface area (Å²) in [4.78, 5) is 13.8. The Bertz CT molecular complexity index is 660. The summed E-state index contributed by atoms with van der Waals surface area (Å²) in [6.07, 6.45) is -0.737. The lowest BCUT2D eigenvalue weighted by Crippen LogP contribution is -2.28. The van der Waals surface area contributed by atoms with E-state index in [1.54, 1.807) is 31.4 Å². The average Bonchev–Trinajstić information content (AvgIpc) is 2.61. The van der Waals surface area contributed by atoms with Crippen LogP contribution in [0.15, 0.2) is 48.5 Å². The van der Waals surface area contributed by atoms with Crippen LogP contribution in [0.4, 0.5) is 10.5 Å². The van der Waals surface area contributed by atoms with Crippen molar-refractivity contribution in [3.8, 4) is 11.5 Å². The molecule has 0 fully saturated rings. The second-order valence-electron chi connectivity index (χ2n) is 4.94. The highest BCUT2D eigenvalue weighted by molar-refractivity contribution is 6.30. The van der Waals surface area contributed by atoms with E-state index in [1.165, 1.54) is 0 Å². The lowest BCUT2D eigenvalue weighted by atomic mass is 10.2. The van der Waals surface area contributed by atoms with Gasteiger partial charge < -0.3 is 19.1 Å². The summed E-state index contributed by atoms with van der Waals surface area (Å²) in [6, 6.07) is 14.2. The molecule has 0 spiro atoms. The van der Waals surface area contributed by atoms with Gasteiger partial charge in [-0.25, -0.2) is 4.79 Å². The second kappa shape index (κ2) is 9.03. The summed E-state index contributed by atoms with van der Waals surface area (Å²) in [5, 5.41) is 0.576. The first-order valence-electron chi connectivity index (χ1n) is 7.61. The molecular weight excluding hydrogens is 330 g/mol. The molecule has 0 N–H and O–H groups in total. The van der Waals surface area contributed by atoms with Crippen LogP contribution in [0.5, 0.6) is 11.5 Å². The van der Waals surface area contributed by atoms with E-state index in [2.05, 4.69) is 4.90 Å². The molecule has 0 aromatic heterocycles. The minimum absolute atomic E-state index is 0.220. The predicted molar refractivity (Wildman–Crippen MR) is 94.3 cm³/mol. The molecule has 0 heterocycles. The Morgan fingerprint density at radius 1 is 1.12 bits per heavy atom. The van der Waals surface area contributed by atoms with Crippen molar-refractivity contribution < 1.29 is 19.0 Å². The van der Waals surface area contributed by atoms with Crippen LogP contribution in [0, 0.1) is 0 Å². The highest BCUT2D eigenvalue weighted by Gasteiger charge is 2.09. The number of likely N-dealkylation sites (N-methyl/N-ethyl adjacent to an activating group) is 1. The Morgan fingerprint density at radius 3 is 2.54 bits per heavy atom. The van der Waals surface area contributed by atoms with Gasteiger partial charge in [-0.3, -0.25) is 0 Å². The van der Waals surface area contributed by atoms with Crippen LogP contribution in [0.1, 0.15) is 6.92 Å². The first kappa shape index (κ1) is 17.9. The van der Waals surface area contributed by atoms with E-state index in [4.69, 9.17) is 25.8 Å². The van der Waals surface area contributed by atoms with Crippen LogP contribution in [-0.2, 0) is 4.74 Å². The van der Waals surface area contributed by atoms with E-state index in [9.17, 15) is 4.79 Å². The van der Waals surface area contributed by atoms with Gasteiger partial charge in [-0.1, -0.05) is 17.7 Å². The van der Waals surface area contributed by atoms with Gasteiger partial charge in [-0.05, 0) is 43.3 Å². The molecule has 0 saturated carbocycles. The monoisotopic (exact) mass is 349 g/mol. The van der Waals surface area contributed by atoms with Crippen molar-refractivity contribution in [1.82, 2.24) is 0 Å². The molecule has 2 rings (SSSR count). The second-order valence-corrected chi connectivity index (χ2v) is 5.37. The summed E-state index contributed by atoms with van der Waals surface area (Å²) < 4.78 is 15.4. The number of rotatable bonds is 7. The average molecular weight is 350 g/mol. The number of anilines is 1. The molecule has 0 radical (unpaired) electrons. The first-order valence-corrected chi connectivity index (χ1v) is 7.99. The van der Waals surface area contributed by atoms with Crippen LogP contribution < -0.4 is 14.4 Å². The van der Waals surface area contributed by atoms with Gasteiger partial charge in [0.05, 0.1) is 13.7 Å². The lowest BCUT2D eigenvalue weighted by Gasteiger charge is -2.23. The summed E-state index contributed by atoms with van der Waals surface area (Å²) in [5.74, 6) is 1.18. The lowest BCUT2D eigenvalue weighted by molar-refractivity contribution is 0.101. The molecule has 0 atom stereocenters. The molecule has 2 aromatic rings. The Kier molecular flexibility index (Phi) is 6.75. The van der Waals surface area contributed by atoms with Crippen LogP contribution in [0.2, 0.25) is 5.02 Å². The highest BCUT2D eigenvalue weighted by Crippen LogP contribution is 2.20. The Hall–Kier alpha value is -2.40. The van der Waals surface area contributed by atoms with Crippen molar-refractivity contribution in [2.45, 2.75) is 6.92 Å². The molecule has 5 nitrogen and oxygen atoms in total. The van der Waals surface area contributed by atoms with E-state index in [-0.39, 0.29) is 6.61 Å². The van der Waals surface area contributed by atoms with Gasteiger partial charge in [0.25, 0.3) is 0 Å². The van der Waals surface area contributed by atoms with Gasteiger partial charge in [0, 0.05) is 23.3 Å². The van der Waals surface area contributed by atoms with Crippen molar-refractivity contribution in [3.63, 3.8) is 0 Å². The van der Waals surface area contributed by atoms with E-state index < -0.39 is 6.16 Å². The van der Waals surface area contributed by atoms with Crippen molar-refractivity contribution >= 4 is 23.4 Å². The number of halogens is 1. The number of benzene rings is 2. The third-order valence-electron chi connectivity index (χ3n) is 3.40. The Balaban J connectivity index is 1.82. The number of carbonyl (C=O) groups is 1. The van der Waals surface area contributed by atoms with Crippen molar-refractivity contribution in [2.24, 2.45) is 0 Å². The van der Waals surface area contributed by atoms with Gasteiger partial charge in [0.15, 0.2) is 0 Å². The maximum absolute atomic E-state index is 11.7. The molecule has 2 aromatic carbocycles. The fourth-order valence-corrected chi connectivity index (χ4v) is 2.27. The van der Waals surface area contributed by atoms with E-state index >= 15 is 0 Å². The number of methoxy groups -OCH3 is 1. The van der Waals surface area contributed by atoms with Crippen LogP contribution >= 0.6 is 11.6 Å². The zero-order valence-electron chi connectivity index (χ0n) is 13.7. The zero-order valence-corrected chi connectivity index (χ0v) is 14.5. The van der Waals surface area contributed by atoms with Crippen LogP contribution in [-0.4, -0.2) is 33.0 Å². The number of ether oxygens (including phenoxy) is 3. The number of carbonyl (C=O) groups excluding carboxylic acids is 1. The van der Waals surface area contributed by atoms with Gasteiger partial charge >= 0.3 is 6.16 Å². The number of nitrogens with zero attached hydrogens (tertiary/aromatic N) is 1. The molecule has 0 amide bonds. The predicted octanol–water partition coefficient (Wildman–Crippen LogP) is 4.39. The van der Waals surface area contributed by atoms with Gasteiger partial charge in [-0.15, -0.1) is 0 Å².